The Morgan fingerprint density at radius 1 is 0.667 bits per heavy atom. The zero-order valence-corrected chi connectivity index (χ0v) is 20.2. The molecule has 3 aromatic rings. The monoisotopic (exact) mass is 476 g/mol. The fraction of sp³-hybridized carbons (Fsp3) is 0.267. The maximum absolute atomic E-state index is 13.3. The summed E-state index contributed by atoms with van der Waals surface area (Å²) in [6.07, 6.45) is 4.01. The minimum atomic E-state index is -0.243. The fourth-order valence-electron chi connectivity index (χ4n) is 6.63. The van der Waals surface area contributed by atoms with Crippen molar-refractivity contribution in [1.29, 1.82) is 0 Å². The molecule has 7 rings (SSSR count). The predicted molar refractivity (Wildman–Crippen MR) is 136 cm³/mol. The van der Waals surface area contributed by atoms with Gasteiger partial charge in [-0.2, -0.15) is 0 Å². The highest BCUT2D eigenvalue weighted by atomic mass is 16.2. The van der Waals surface area contributed by atoms with Crippen molar-refractivity contribution < 1.29 is 19.2 Å². The van der Waals surface area contributed by atoms with E-state index in [0.717, 1.165) is 38.6 Å². The third kappa shape index (κ3) is 2.41. The van der Waals surface area contributed by atoms with Crippen LogP contribution in [-0.2, 0) is 4.79 Å². The van der Waals surface area contributed by atoms with Crippen LogP contribution in [0.3, 0.4) is 0 Å². The first kappa shape index (κ1) is 21.2. The number of hydrogen-bond donors (Lipinski definition) is 0. The largest absolute Gasteiger partial charge is 0.274 e. The van der Waals surface area contributed by atoms with Crippen LogP contribution in [0, 0.1) is 0 Å². The van der Waals surface area contributed by atoms with Crippen molar-refractivity contribution in [2.24, 2.45) is 0 Å². The van der Waals surface area contributed by atoms with Gasteiger partial charge in [0.15, 0.2) is 0 Å². The van der Waals surface area contributed by atoms with Gasteiger partial charge in [0, 0.05) is 52.2 Å². The van der Waals surface area contributed by atoms with E-state index in [1.54, 1.807) is 0 Å². The Morgan fingerprint density at radius 2 is 1.22 bits per heavy atom. The van der Waals surface area contributed by atoms with E-state index in [-0.39, 0.29) is 29.5 Å². The van der Waals surface area contributed by atoms with Gasteiger partial charge in [0.1, 0.15) is 0 Å². The summed E-state index contributed by atoms with van der Waals surface area (Å²) in [4.78, 5) is 55.9. The van der Waals surface area contributed by atoms with Crippen LogP contribution in [0.5, 0.6) is 0 Å². The zero-order valence-electron chi connectivity index (χ0n) is 20.2. The Bertz CT molecular complexity index is 1610. The van der Waals surface area contributed by atoms with Crippen molar-refractivity contribution in [3.8, 4) is 11.1 Å². The van der Waals surface area contributed by atoms with Crippen LogP contribution >= 0.6 is 0 Å². The average molecular weight is 477 g/mol. The summed E-state index contributed by atoms with van der Waals surface area (Å²) >= 11 is 0. The SMILES string of the molecule is CCCN1C(=O)C2=CCC3c4c(ccc(c42)C1=O)-c1ccc2c4c(ccc3c14)C(=O)N(CCC)C2=O. The summed E-state index contributed by atoms with van der Waals surface area (Å²) < 4.78 is 0. The molecular weight excluding hydrogens is 452 g/mol. The van der Waals surface area contributed by atoms with Gasteiger partial charge in [-0.15, -0.1) is 0 Å². The lowest BCUT2D eigenvalue weighted by atomic mass is 9.67. The average Bonchev–Trinajstić information content (AvgIpc) is 2.89. The summed E-state index contributed by atoms with van der Waals surface area (Å²) in [6, 6.07) is 11.5. The molecule has 0 fully saturated rings. The molecule has 0 aromatic heterocycles. The molecule has 4 aliphatic rings. The van der Waals surface area contributed by atoms with Crippen molar-refractivity contribution in [1.82, 2.24) is 9.80 Å². The Hall–Kier alpha value is -4.06. The molecule has 4 amide bonds. The van der Waals surface area contributed by atoms with E-state index in [4.69, 9.17) is 0 Å². The summed E-state index contributed by atoms with van der Waals surface area (Å²) in [5, 5.41) is 1.67. The molecule has 0 saturated heterocycles. The number of amides is 4. The van der Waals surface area contributed by atoms with Crippen LogP contribution in [-0.4, -0.2) is 46.5 Å². The topological polar surface area (TPSA) is 74.8 Å². The first-order chi connectivity index (χ1) is 17.5. The third-order valence-electron chi connectivity index (χ3n) is 8.08. The van der Waals surface area contributed by atoms with Gasteiger partial charge in [0.05, 0.1) is 0 Å². The highest BCUT2D eigenvalue weighted by Crippen LogP contribution is 2.54. The lowest BCUT2D eigenvalue weighted by Gasteiger charge is -2.39. The van der Waals surface area contributed by atoms with Crippen LogP contribution < -0.4 is 0 Å². The Labute approximate surface area is 208 Å². The van der Waals surface area contributed by atoms with Gasteiger partial charge in [0.25, 0.3) is 23.6 Å². The number of allylic oxidation sites excluding steroid dienone is 1. The van der Waals surface area contributed by atoms with Crippen LogP contribution in [0.4, 0.5) is 0 Å². The first-order valence-corrected chi connectivity index (χ1v) is 12.7. The summed E-state index contributed by atoms with van der Waals surface area (Å²) in [5.41, 5.74) is 7.05. The highest BCUT2D eigenvalue weighted by Gasteiger charge is 2.43. The van der Waals surface area contributed by atoms with E-state index in [1.807, 2.05) is 56.3 Å². The van der Waals surface area contributed by atoms with Crippen LogP contribution in [0.25, 0.3) is 27.5 Å². The number of carbonyl (C=O) groups is 4. The molecule has 0 spiro atoms. The molecule has 0 radical (unpaired) electrons. The van der Waals surface area contributed by atoms with Crippen molar-refractivity contribution in [2.75, 3.05) is 13.1 Å². The minimum Gasteiger partial charge on any atom is -0.274 e. The summed E-state index contributed by atoms with van der Waals surface area (Å²) in [6.45, 7) is 4.71. The molecule has 0 bridgehead atoms. The van der Waals surface area contributed by atoms with E-state index < -0.39 is 0 Å². The van der Waals surface area contributed by atoms with Gasteiger partial charge in [-0.1, -0.05) is 38.1 Å². The van der Waals surface area contributed by atoms with Crippen molar-refractivity contribution in [3.63, 3.8) is 0 Å². The van der Waals surface area contributed by atoms with Crippen molar-refractivity contribution >= 4 is 40.0 Å². The molecule has 1 atom stereocenters. The first-order valence-electron chi connectivity index (χ1n) is 12.7. The summed E-state index contributed by atoms with van der Waals surface area (Å²) in [7, 11) is 0. The van der Waals surface area contributed by atoms with Crippen LogP contribution in [0.2, 0.25) is 0 Å². The third-order valence-corrected chi connectivity index (χ3v) is 8.08. The van der Waals surface area contributed by atoms with E-state index in [2.05, 4.69) is 0 Å². The zero-order chi connectivity index (χ0) is 24.9. The van der Waals surface area contributed by atoms with E-state index >= 15 is 0 Å². The number of fused-ring (bicyclic) bond motifs is 2. The van der Waals surface area contributed by atoms with Crippen molar-refractivity contribution in [2.45, 2.75) is 39.0 Å². The lowest BCUT2D eigenvalue weighted by Crippen LogP contribution is -2.43. The predicted octanol–water partition coefficient (Wildman–Crippen LogP) is 5.14. The molecule has 6 heteroatoms. The quantitative estimate of drug-likeness (QED) is 0.489. The fourth-order valence-corrected chi connectivity index (χ4v) is 6.63. The molecule has 6 nitrogen and oxygen atoms in total. The summed E-state index contributed by atoms with van der Waals surface area (Å²) in [5.74, 6) is -0.988. The number of hydrogen-bond acceptors (Lipinski definition) is 4. The van der Waals surface area contributed by atoms with Gasteiger partial charge in [0.2, 0.25) is 0 Å². The maximum Gasteiger partial charge on any atom is 0.261 e. The smallest absolute Gasteiger partial charge is 0.261 e. The second-order valence-electron chi connectivity index (χ2n) is 9.99. The molecule has 0 saturated carbocycles. The number of imide groups is 2. The minimum absolute atomic E-state index is 0.0484. The molecule has 2 aliphatic heterocycles. The molecule has 2 aliphatic carbocycles. The second kappa shape index (κ2) is 7.23. The molecule has 36 heavy (non-hydrogen) atoms. The van der Waals surface area contributed by atoms with Gasteiger partial charge < -0.3 is 0 Å². The van der Waals surface area contributed by atoms with Gasteiger partial charge in [-0.25, -0.2) is 0 Å². The van der Waals surface area contributed by atoms with Gasteiger partial charge in [-0.3, -0.25) is 29.0 Å². The van der Waals surface area contributed by atoms with E-state index in [1.165, 1.54) is 9.80 Å². The van der Waals surface area contributed by atoms with E-state index in [0.29, 0.717) is 54.6 Å². The Balaban J connectivity index is 1.51. The maximum atomic E-state index is 13.3. The molecule has 0 N–H and O–H groups in total. The van der Waals surface area contributed by atoms with Gasteiger partial charge in [-0.05, 0) is 65.1 Å². The normalized spacial score (nSPS) is 19.2. The molecular formula is C30H24N2O4. The standard InChI is InChI=1S/C30H24N2O4/c1-3-13-31-27(33)19-9-5-15-17-7-11-21-26-22(30(36)32(14-4-2)29(21)35)12-8-18(24(17)26)16-6-10-20(28(31)34)25(19)23(15)16/h5-7,9-12,18H,3-4,8,13-14H2,1-2H3. The number of nitrogens with zero attached hydrogens (tertiary/aromatic N) is 2. The number of carbonyl (C=O) groups excluding carboxylic acids is 4. The van der Waals surface area contributed by atoms with E-state index in [9.17, 15) is 19.2 Å². The Kier molecular flexibility index (Phi) is 4.27. The van der Waals surface area contributed by atoms with Gasteiger partial charge >= 0.3 is 0 Å². The molecule has 1 unspecified atom stereocenters. The molecule has 2 heterocycles. The number of benzene rings is 3. The second-order valence-corrected chi connectivity index (χ2v) is 9.99. The molecule has 178 valence electrons. The lowest BCUT2D eigenvalue weighted by molar-refractivity contribution is -0.122. The molecule has 3 aromatic carbocycles. The Morgan fingerprint density at radius 3 is 1.92 bits per heavy atom. The highest BCUT2D eigenvalue weighted by molar-refractivity contribution is 6.33. The van der Waals surface area contributed by atoms with Crippen molar-refractivity contribution in [3.05, 3.63) is 75.9 Å². The number of rotatable bonds is 4. The van der Waals surface area contributed by atoms with Crippen LogP contribution in [0.15, 0.2) is 42.5 Å². The van der Waals surface area contributed by atoms with Crippen LogP contribution in [0.1, 0.15) is 86.8 Å².